The first-order valence-electron chi connectivity index (χ1n) is 8.38. The van der Waals surface area contributed by atoms with Crippen molar-refractivity contribution in [1.82, 2.24) is 15.1 Å². The van der Waals surface area contributed by atoms with Crippen LogP contribution >= 0.6 is 12.4 Å². The Morgan fingerprint density at radius 3 is 2.12 bits per heavy atom. The van der Waals surface area contributed by atoms with E-state index >= 15 is 0 Å². The van der Waals surface area contributed by atoms with Crippen LogP contribution in [0.15, 0.2) is 24.3 Å². The molecule has 1 atom stereocenters. The zero-order valence-electron chi connectivity index (χ0n) is 14.7. The quantitative estimate of drug-likeness (QED) is 0.878. The maximum Gasteiger partial charge on any atom is 0.253 e. The van der Waals surface area contributed by atoms with E-state index in [1.807, 2.05) is 48.0 Å². The molecule has 1 aliphatic rings. The first-order valence-corrected chi connectivity index (χ1v) is 8.38. The molecule has 1 aromatic carbocycles. The van der Waals surface area contributed by atoms with Crippen LogP contribution in [0.5, 0.6) is 0 Å². The maximum absolute atomic E-state index is 12.5. The summed E-state index contributed by atoms with van der Waals surface area (Å²) in [7, 11) is 1.85. The SMILES string of the molecule is CCc1ccc(C(=O)N2CCN(C(=O)C(C)CNC)CC2)cc1.Cl. The van der Waals surface area contributed by atoms with Gasteiger partial charge >= 0.3 is 0 Å². The number of nitrogens with one attached hydrogen (secondary N) is 1. The summed E-state index contributed by atoms with van der Waals surface area (Å²) in [6.07, 6.45) is 0.972. The zero-order chi connectivity index (χ0) is 16.8. The Morgan fingerprint density at radius 1 is 1.08 bits per heavy atom. The molecule has 0 aliphatic carbocycles. The van der Waals surface area contributed by atoms with Crippen molar-refractivity contribution >= 4 is 24.2 Å². The fraction of sp³-hybridized carbons (Fsp3) is 0.556. The van der Waals surface area contributed by atoms with E-state index < -0.39 is 0 Å². The molecule has 0 saturated carbocycles. The third-order valence-corrected chi connectivity index (χ3v) is 4.42. The lowest BCUT2D eigenvalue weighted by molar-refractivity contribution is -0.136. The maximum atomic E-state index is 12.5. The highest BCUT2D eigenvalue weighted by Gasteiger charge is 2.26. The number of piperazine rings is 1. The Morgan fingerprint density at radius 2 is 1.62 bits per heavy atom. The van der Waals surface area contributed by atoms with Crippen LogP contribution in [-0.2, 0) is 11.2 Å². The number of nitrogens with zero attached hydrogens (tertiary/aromatic N) is 2. The van der Waals surface area contributed by atoms with E-state index in [1.165, 1.54) is 5.56 Å². The van der Waals surface area contributed by atoms with Gasteiger partial charge in [0.05, 0.1) is 0 Å². The summed E-state index contributed by atoms with van der Waals surface area (Å²) in [5.74, 6) is 0.200. The van der Waals surface area contributed by atoms with E-state index in [0.717, 1.165) is 12.0 Å². The van der Waals surface area contributed by atoms with Gasteiger partial charge in [-0.05, 0) is 31.2 Å². The summed E-state index contributed by atoms with van der Waals surface area (Å²) in [6.45, 7) is 7.16. The van der Waals surface area contributed by atoms with Gasteiger partial charge in [0, 0.05) is 44.2 Å². The van der Waals surface area contributed by atoms with Gasteiger partial charge in [-0.15, -0.1) is 12.4 Å². The molecule has 1 unspecified atom stereocenters. The lowest BCUT2D eigenvalue weighted by Gasteiger charge is -2.36. The van der Waals surface area contributed by atoms with E-state index in [-0.39, 0.29) is 30.1 Å². The highest BCUT2D eigenvalue weighted by Crippen LogP contribution is 2.12. The average molecular weight is 354 g/mol. The molecule has 6 heteroatoms. The molecular formula is C18H28ClN3O2. The molecule has 134 valence electrons. The van der Waals surface area contributed by atoms with Gasteiger partial charge in [0.15, 0.2) is 0 Å². The molecule has 1 N–H and O–H groups in total. The van der Waals surface area contributed by atoms with E-state index in [0.29, 0.717) is 32.7 Å². The van der Waals surface area contributed by atoms with Crippen molar-refractivity contribution in [1.29, 1.82) is 0 Å². The molecule has 1 aromatic rings. The van der Waals surface area contributed by atoms with Gasteiger partial charge in [-0.2, -0.15) is 0 Å². The van der Waals surface area contributed by atoms with Gasteiger partial charge < -0.3 is 15.1 Å². The van der Waals surface area contributed by atoms with Gasteiger partial charge in [-0.25, -0.2) is 0 Å². The van der Waals surface area contributed by atoms with Crippen LogP contribution in [0.2, 0.25) is 0 Å². The molecule has 1 fully saturated rings. The molecular weight excluding hydrogens is 326 g/mol. The van der Waals surface area contributed by atoms with Gasteiger partial charge in [-0.1, -0.05) is 26.0 Å². The van der Waals surface area contributed by atoms with Crippen molar-refractivity contribution in [3.8, 4) is 0 Å². The molecule has 1 aliphatic heterocycles. The Bertz CT molecular complexity index is 540. The third kappa shape index (κ3) is 4.95. The van der Waals surface area contributed by atoms with Gasteiger partial charge in [0.2, 0.25) is 5.91 Å². The number of hydrogen-bond acceptors (Lipinski definition) is 3. The predicted octanol–water partition coefficient (Wildman–Crippen LogP) is 1.81. The van der Waals surface area contributed by atoms with Crippen molar-refractivity contribution < 1.29 is 9.59 Å². The van der Waals surface area contributed by atoms with E-state index in [1.54, 1.807) is 0 Å². The average Bonchev–Trinajstić information content (AvgIpc) is 2.61. The molecule has 0 spiro atoms. The molecule has 1 heterocycles. The van der Waals surface area contributed by atoms with Crippen LogP contribution < -0.4 is 5.32 Å². The molecule has 2 amide bonds. The third-order valence-electron chi connectivity index (χ3n) is 4.42. The molecule has 5 nitrogen and oxygen atoms in total. The number of amides is 2. The number of aryl methyl sites for hydroxylation is 1. The minimum absolute atomic E-state index is 0. The predicted molar refractivity (Wildman–Crippen MR) is 98.6 cm³/mol. The number of rotatable bonds is 5. The van der Waals surface area contributed by atoms with Crippen molar-refractivity contribution in [2.24, 2.45) is 5.92 Å². The second kappa shape index (κ2) is 9.64. The fourth-order valence-corrected chi connectivity index (χ4v) is 2.90. The highest BCUT2D eigenvalue weighted by atomic mass is 35.5. The van der Waals surface area contributed by atoms with Crippen LogP contribution in [0.3, 0.4) is 0 Å². The second-order valence-corrected chi connectivity index (χ2v) is 6.13. The zero-order valence-corrected chi connectivity index (χ0v) is 15.6. The molecule has 2 rings (SSSR count). The monoisotopic (exact) mass is 353 g/mol. The lowest BCUT2D eigenvalue weighted by Crippen LogP contribution is -2.52. The largest absolute Gasteiger partial charge is 0.339 e. The Hall–Kier alpha value is -1.59. The number of carbonyl (C=O) groups excluding carboxylic acids is 2. The summed E-state index contributed by atoms with van der Waals surface area (Å²) < 4.78 is 0. The van der Waals surface area contributed by atoms with Crippen molar-refractivity contribution in [2.45, 2.75) is 20.3 Å². The van der Waals surface area contributed by atoms with Crippen LogP contribution in [-0.4, -0.2) is 61.4 Å². The normalized spacial score (nSPS) is 15.6. The summed E-state index contributed by atoms with van der Waals surface area (Å²) in [5, 5.41) is 3.03. The van der Waals surface area contributed by atoms with Gasteiger partial charge in [-0.3, -0.25) is 9.59 Å². The molecule has 1 saturated heterocycles. The highest BCUT2D eigenvalue weighted by molar-refractivity contribution is 5.94. The Labute approximate surface area is 150 Å². The van der Waals surface area contributed by atoms with Crippen molar-refractivity contribution in [3.63, 3.8) is 0 Å². The standard InChI is InChI=1S/C18H27N3O2.ClH/c1-4-15-5-7-16(8-6-15)18(23)21-11-9-20(10-12-21)17(22)14(2)13-19-3;/h5-8,14,19H,4,9-13H2,1-3H3;1H. The summed E-state index contributed by atoms with van der Waals surface area (Å²) in [4.78, 5) is 28.5. The smallest absolute Gasteiger partial charge is 0.253 e. The molecule has 0 radical (unpaired) electrons. The number of hydrogen-bond donors (Lipinski definition) is 1. The minimum Gasteiger partial charge on any atom is -0.339 e. The number of carbonyl (C=O) groups is 2. The van der Waals surface area contributed by atoms with Gasteiger partial charge in [0.1, 0.15) is 0 Å². The Kier molecular flexibility index (Phi) is 8.22. The van der Waals surface area contributed by atoms with Gasteiger partial charge in [0.25, 0.3) is 5.91 Å². The topological polar surface area (TPSA) is 52.7 Å². The first-order chi connectivity index (χ1) is 11.1. The molecule has 24 heavy (non-hydrogen) atoms. The van der Waals surface area contributed by atoms with Crippen LogP contribution in [0.1, 0.15) is 29.8 Å². The minimum atomic E-state index is -0.0242. The first kappa shape index (κ1) is 20.5. The fourth-order valence-electron chi connectivity index (χ4n) is 2.90. The van der Waals surface area contributed by atoms with Crippen LogP contribution in [0.25, 0.3) is 0 Å². The number of benzene rings is 1. The summed E-state index contributed by atoms with van der Waals surface area (Å²) >= 11 is 0. The number of halogens is 1. The van der Waals surface area contributed by atoms with E-state index in [2.05, 4.69) is 12.2 Å². The van der Waals surface area contributed by atoms with Crippen molar-refractivity contribution in [2.75, 3.05) is 39.8 Å². The van der Waals surface area contributed by atoms with E-state index in [4.69, 9.17) is 0 Å². The van der Waals surface area contributed by atoms with Crippen molar-refractivity contribution in [3.05, 3.63) is 35.4 Å². The summed E-state index contributed by atoms with van der Waals surface area (Å²) in [6, 6.07) is 7.81. The summed E-state index contributed by atoms with van der Waals surface area (Å²) in [5.41, 5.74) is 1.96. The lowest BCUT2D eigenvalue weighted by atomic mass is 10.1. The molecule has 0 bridgehead atoms. The molecule has 0 aromatic heterocycles. The Balaban J connectivity index is 0.00000288. The van der Waals surface area contributed by atoms with Crippen LogP contribution in [0.4, 0.5) is 0 Å². The van der Waals surface area contributed by atoms with E-state index in [9.17, 15) is 9.59 Å². The second-order valence-electron chi connectivity index (χ2n) is 6.13. The van der Waals surface area contributed by atoms with Crippen LogP contribution in [0, 0.1) is 5.92 Å².